The number of amides is 3. The summed E-state index contributed by atoms with van der Waals surface area (Å²) in [6.07, 6.45) is 3.20. The average molecular weight is 445 g/mol. The quantitative estimate of drug-likeness (QED) is 0.528. The monoisotopic (exact) mass is 445 g/mol. The summed E-state index contributed by atoms with van der Waals surface area (Å²) in [5.74, 6) is -0.397. The summed E-state index contributed by atoms with van der Waals surface area (Å²) in [6, 6.07) is 12.2. The molecule has 2 unspecified atom stereocenters. The molecule has 33 heavy (non-hydrogen) atoms. The highest BCUT2D eigenvalue weighted by Crippen LogP contribution is 2.26. The molecular formula is C23H23N7O3. The molecular weight excluding hydrogens is 422 g/mol. The zero-order valence-corrected chi connectivity index (χ0v) is 18.1. The van der Waals surface area contributed by atoms with Gasteiger partial charge >= 0.3 is 0 Å². The van der Waals surface area contributed by atoms with Gasteiger partial charge in [0.25, 0.3) is 5.91 Å². The molecule has 1 saturated heterocycles. The van der Waals surface area contributed by atoms with Crippen molar-refractivity contribution in [1.29, 1.82) is 0 Å². The van der Waals surface area contributed by atoms with Gasteiger partial charge in [-0.2, -0.15) is 5.01 Å². The predicted molar refractivity (Wildman–Crippen MR) is 121 cm³/mol. The molecule has 0 aromatic carbocycles. The topological polar surface area (TPSA) is 129 Å². The second kappa shape index (κ2) is 9.53. The van der Waals surface area contributed by atoms with Gasteiger partial charge in [-0.3, -0.25) is 24.8 Å². The molecule has 168 valence electrons. The molecule has 1 fully saturated rings. The molecule has 3 aromatic heterocycles. The summed E-state index contributed by atoms with van der Waals surface area (Å²) in [7, 11) is 0. The maximum absolute atomic E-state index is 12.9. The smallest absolute Gasteiger partial charge is 0.265 e. The van der Waals surface area contributed by atoms with E-state index in [1.54, 1.807) is 36.4 Å². The second-order valence-electron chi connectivity index (χ2n) is 7.66. The largest absolute Gasteiger partial charge is 0.309 e. The van der Waals surface area contributed by atoms with E-state index in [9.17, 15) is 14.4 Å². The van der Waals surface area contributed by atoms with E-state index >= 15 is 0 Å². The molecule has 3 amide bonds. The number of pyridine rings is 3. The van der Waals surface area contributed by atoms with Crippen LogP contribution in [0.15, 0.2) is 60.9 Å². The van der Waals surface area contributed by atoms with E-state index < -0.39 is 18.0 Å². The minimum absolute atomic E-state index is 0.214. The normalized spacial score (nSPS) is 17.5. The van der Waals surface area contributed by atoms with Gasteiger partial charge in [0, 0.05) is 35.8 Å². The minimum Gasteiger partial charge on any atom is -0.309 e. The molecule has 3 N–H and O–H groups in total. The number of nitrogens with zero attached hydrogens (tertiary/aromatic N) is 4. The van der Waals surface area contributed by atoms with Crippen LogP contribution in [-0.2, 0) is 9.59 Å². The van der Waals surface area contributed by atoms with Crippen molar-refractivity contribution in [3.05, 3.63) is 77.9 Å². The van der Waals surface area contributed by atoms with E-state index in [1.807, 2.05) is 26.0 Å². The maximum Gasteiger partial charge on any atom is 0.265 e. The van der Waals surface area contributed by atoms with Crippen molar-refractivity contribution in [3.8, 4) is 0 Å². The van der Waals surface area contributed by atoms with Crippen LogP contribution in [0, 0.1) is 13.8 Å². The highest BCUT2D eigenvalue weighted by molar-refractivity contribution is 6.01. The molecule has 4 heterocycles. The fraction of sp³-hybridized carbons (Fsp3) is 0.217. The number of aryl methyl sites for hydroxylation is 2. The fourth-order valence-electron chi connectivity index (χ4n) is 3.47. The lowest BCUT2D eigenvalue weighted by Gasteiger charge is -2.45. The number of anilines is 2. The van der Waals surface area contributed by atoms with Gasteiger partial charge in [-0.05, 0) is 50.2 Å². The van der Waals surface area contributed by atoms with Gasteiger partial charge in [-0.1, -0.05) is 12.1 Å². The number of carbonyl (C=O) groups is 3. The summed E-state index contributed by atoms with van der Waals surface area (Å²) >= 11 is 0. The van der Waals surface area contributed by atoms with Gasteiger partial charge < -0.3 is 10.6 Å². The van der Waals surface area contributed by atoms with Crippen LogP contribution in [0.1, 0.15) is 28.2 Å². The Morgan fingerprint density at radius 3 is 1.82 bits per heavy atom. The number of hydrogen-bond acceptors (Lipinski definition) is 7. The van der Waals surface area contributed by atoms with E-state index in [0.29, 0.717) is 17.2 Å². The van der Waals surface area contributed by atoms with Crippen molar-refractivity contribution < 1.29 is 14.4 Å². The van der Waals surface area contributed by atoms with Crippen molar-refractivity contribution in [1.82, 2.24) is 25.4 Å². The van der Waals surface area contributed by atoms with E-state index in [2.05, 4.69) is 31.0 Å². The van der Waals surface area contributed by atoms with E-state index in [-0.39, 0.29) is 18.2 Å². The first-order valence-electron chi connectivity index (χ1n) is 10.4. The maximum atomic E-state index is 12.9. The average Bonchev–Trinajstić information content (AvgIpc) is 2.77. The van der Waals surface area contributed by atoms with E-state index in [0.717, 1.165) is 11.4 Å². The van der Waals surface area contributed by atoms with Crippen LogP contribution in [0.5, 0.6) is 0 Å². The van der Waals surface area contributed by atoms with Crippen LogP contribution in [0.2, 0.25) is 0 Å². The SMILES string of the molecule is Cc1cccc(NC(=O)C2CC(C(=O)Nc3cccc(C)n3)N2NC(=O)c2ccncc2)n1. The molecule has 0 radical (unpaired) electrons. The van der Waals surface area contributed by atoms with Crippen molar-refractivity contribution >= 4 is 29.4 Å². The molecule has 0 bridgehead atoms. The molecule has 0 saturated carbocycles. The van der Waals surface area contributed by atoms with Gasteiger partial charge in [-0.15, -0.1) is 0 Å². The minimum atomic E-state index is -0.751. The number of hydrogen-bond donors (Lipinski definition) is 3. The third-order valence-corrected chi connectivity index (χ3v) is 5.18. The Morgan fingerprint density at radius 2 is 1.33 bits per heavy atom. The van der Waals surface area contributed by atoms with Gasteiger partial charge in [0.1, 0.15) is 23.7 Å². The molecule has 3 aromatic rings. The van der Waals surface area contributed by atoms with Crippen LogP contribution in [0.25, 0.3) is 0 Å². The summed E-state index contributed by atoms with van der Waals surface area (Å²) < 4.78 is 0. The van der Waals surface area contributed by atoms with Crippen LogP contribution in [-0.4, -0.2) is 49.8 Å². The Morgan fingerprint density at radius 1 is 0.818 bits per heavy atom. The Hall–Kier alpha value is -4.18. The van der Waals surface area contributed by atoms with E-state index in [1.165, 1.54) is 17.4 Å². The first kappa shape index (κ1) is 22.0. The predicted octanol–water partition coefficient (Wildman–Crippen LogP) is 1.85. The van der Waals surface area contributed by atoms with Crippen molar-refractivity contribution in [2.75, 3.05) is 10.6 Å². The number of nitrogens with one attached hydrogen (secondary N) is 3. The number of aromatic nitrogens is 3. The Kier molecular flexibility index (Phi) is 6.36. The first-order valence-corrected chi connectivity index (χ1v) is 10.4. The molecule has 1 aliphatic rings. The lowest BCUT2D eigenvalue weighted by molar-refractivity contribution is -0.141. The number of carbonyl (C=O) groups excluding carboxylic acids is 3. The van der Waals surface area contributed by atoms with Crippen LogP contribution in [0.4, 0.5) is 11.6 Å². The van der Waals surface area contributed by atoms with Crippen molar-refractivity contribution in [3.63, 3.8) is 0 Å². The molecule has 10 nitrogen and oxygen atoms in total. The molecule has 10 heteroatoms. The fourth-order valence-corrected chi connectivity index (χ4v) is 3.47. The molecule has 4 rings (SSSR count). The number of hydrazine groups is 1. The molecule has 1 aliphatic heterocycles. The second-order valence-corrected chi connectivity index (χ2v) is 7.66. The van der Waals surface area contributed by atoms with Crippen molar-refractivity contribution in [2.24, 2.45) is 0 Å². The summed E-state index contributed by atoms with van der Waals surface area (Å²) in [6.45, 7) is 3.64. The molecule has 0 aliphatic carbocycles. The Bertz CT molecular complexity index is 1120. The first-order chi connectivity index (χ1) is 15.9. The van der Waals surface area contributed by atoms with Crippen LogP contribution < -0.4 is 16.1 Å². The third kappa shape index (κ3) is 5.18. The highest BCUT2D eigenvalue weighted by atomic mass is 16.2. The summed E-state index contributed by atoms with van der Waals surface area (Å²) in [4.78, 5) is 51.0. The zero-order valence-electron chi connectivity index (χ0n) is 18.1. The van der Waals surface area contributed by atoms with Crippen LogP contribution in [0.3, 0.4) is 0 Å². The zero-order chi connectivity index (χ0) is 23.4. The van der Waals surface area contributed by atoms with Crippen LogP contribution >= 0.6 is 0 Å². The van der Waals surface area contributed by atoms with Crippen molar-refractivity contribution in [2.45, 2.75) is 32.4 Å². The molecule has 2 atom stereocenters. The number of rotatable bonds is 6. The summed E-state index contributed by atoms with van der Waals surface area (Å²) in [5.41, 5.74) is 4.56. The van der Waals surface area contributed by atoms with Gasteiger partial charge in [0.15, 0.2) is 0 Å². The Balaban J connectivity index is 1.50. The van der Waals surface area contributed by atoms with Gasteiger partial charge in [0.2, 0.25) is 11.8 Å². The Labute approximate surface area is 190 Å². The molecule has 0 spiro atoms. The van der Waals surface area contributed by atoms with Gasteiger partial charge in [0.05, 0.1) is 0 Å². The van der Waals surface area contributed by atoms with Gasteiger partial charge in [-0.25, -0.2) is 9.97 Å². The highest BCUT2D eigenvalue weighted by Gasteiger charge is 2.48. The third-order valence-electron chi connectivity index (χ3n) is 5.18. The summed E-state index contributed by atoms with van der Waals surface area (Å²) in [5, 5.41) is 6.85. The lowest BCUT2D eigenvalue weighted by atomic mass is 9.93. The standard InChI is InChI=1S/C23H23N7O3/c1-14-5-3-7-19(25-14)27-22(32)17-13-18(23(33)28-20-8-4-6-15(2)26-20)30(17)29-21(31)16-9-11-24-12-10-16/h3-12,17-18H,13H2,1-2H3,(H,29,31)(H,25,27,32)(H,26,28,33). The lowest BCUT2D eigenvalue weighted by Crippen LogP contribution is -2.70. The van der Waals surface area contributed by atoms with E-state index in [4.69, 9.17) is 0 Å².